The van der Waals surface area contributed by atoms with Crippen molar-refractivity contribution in [3.05, 3.63) is 59.9 Å². The van der Waals surface area contributed by atoms with Crippen LogP contribution in [-0.2, 0) is 4.79 Å². The van der Waals surface area contributed by atoms with Gasteiger partial charge in [0.25, 0.3) is 5.91 Å². The fourth-order valence-corrected chi connectivity index (χ4v) is 4.28. The van der Waals surface area contributed by atoms with Gasteiger partial charge in [-0.3, -0.25) is 10.2 Å². The molecule has 3 heterocycles. The average Bonchev–Trinajstić information content (AvgIpc) is 3.27. The maximum Gasteiger partial charge on any atom is 0.283 e. The highest BCUT2D eigenvalue weighted by Gasteiger charge is 2.37. The molecular weight excluding hydrogens is 366 g/mol. The third-order valence-corrected chi connectivity index (χ3v) is 5.51. The number of aromatic nitrogens is 1. The molecule has 0 atom stereocenters. The number of para-hydroxylation sites is 1. The SMILES string of the molecule is CCSC1=NSC2=NC(=O)/C(=C\c3cccn3-c3ccccc3)C(=N)N12. The Morgan fingerprint density at radius 2 is 2.04 bits per heavy atom. The van der Waals surface area contributed by atoms with Gasteiger partial charge < -0.3 is 4.57 Å². The summed E-state index contributed by atoms with van der Waals surface area (Å²) in [6, 6.07) is 13.7. The lowest BCUT2D eigenvalue weighted by Gasteiger charge is -2.24. The normalized spacial score (nSPS) is 18.2. The third-order valence-electron chi connectivity index (χ3n) is 3.87. The minimum Gasteiger partial charge on any atom is -0.317 e. The van der Waals surface area contributed by atoms with Crippen LogP contribution in [0.2, 0.25) is 0 Å². The molecule has 2 aliphatic heterocycles. The molecule has 2 aliphatic rings. The fourth-order valence-electron chi connectivity index (χ4n) is 2.71. The number of amides is 1. The Hall–Kier alpha value is -2.58. The smallest absolute Gasteiger partial charge is 0.283 e. The largest absolute Gasteiger partial charge is 0.317 e. The molecular formula is C18H15N5OS2. The highest BCUT2D eigenvalue weighted by atomic mass is 32.2. The minimum atomic E-state index is -0.410. The topological polar surface area (TPSA) is 73.8 Å². The standard InChI is InChI=1S/C18H15N5OS2/c1-2-25-18-21-26-17-20-16(24)14(15(19)23(17)18)11-13-9-6-10-22(13)12-7-4-3-5-8-12/h3-11,19H,2H2,1H3/b14-11-,19-15?. The molecule has 130 valence electrons. The molecule has 0 saturated heterocycles. The van der Waals surface area contributed by atoms with E-state index in [-0.39, 0.29) is 11.4 Å². The second-order valence-electron chi connectivity index (χ2n) is 5.48. The van der Waals surface area contributed by atoms with Gasteiger partial charge in [-0.05, 0) is 36.1 Å². The zero-order chi connectivity index (χ0) is 18.1. The Kier molecular flexibility index (Phi) is 4.52. The first-order valence-electron chi connectivity index (χ1n) is 8.03. The molecule has 0 aliphatic carbocycles. The second-order valence-corrected chi connectivity index (χ2v) is 7.44. The lowest BCUT2D eigenvalue weighted by atomic mass is 10.1. The monoisotopic (exact) mass is 381 g/mol. The number of amidine groups is 3. The maximum atomic E-state index is 12.5. The van der Waals surface area contributed by atoms with Gasteiger partial charge in [-0.2, -0.15) is 9.39 Å². The Morgan fingerprint density at radius 1 is 1.23 bits per heavy atom. The highest BCUT2D eigenvalue weighted by Crippen LogP contribution is 2.31. The van der Waals surface area contributed by atoms with E-state index in [1.807, 2.05) is 60.2 Å². The Bertz CT molecular complexity index is 974. The van der Waals surface area contributed by atoms with Crippen LogP contribution in [0.3, 0.4) is 0 Å². The second kappa shape index (κ2) is 6.97. The van der Waals surface area contributed by atoms with Crippen LogP contribution in [-0.4, -0.2) is 37.3 Å². The molecule has 1 amide bonds. The number of rotatable bonds is 3. The van der Waals surface area contributed by atoms with Gasteiger partial charge in [0.05, 0.1) is 17.5 Å². The van der Waals surface area contributed by atoms with Crippen molar-refractivity contribution in [1.82, 2.24) is 9.47 Å². The van der Waals surface area contributed by atoms with Crippen LogP contribution in [0.4, 0.5) is 0 Å². The number of nitrogens with one attached hydrogen (secondary N) is 1. The molecule has 0 unspecified atom stereocenters. The van der Waals surface area contributed by atoms with E-state index in [0.29, 0.717) is 10.3 Å². The Labute approximate surface area is 159 Å². The molecule has 1 aromatic heterocycles. The quantitative estimate of drug-likeness (QED) is 0.648. The van der Waals surface area contributed by atoms with Crippen molar-refractivity contribution in [1.29, 1.82) is 5.41 Å². The van der Waals surface area contributed by atoms with Gasteiger partial charge in [-0.15, -0.1) is 0 Å². The van der Waals surface area contributed by atoms with Gasteiger partial charge in [0.1, 0.15) is 5.84 Å². The van der Waals surface area contributed by atoms with Crippen LogP contribution in [0.15, 0.2) is 63.6 Å². The summed E-state index contributed by atoms with van der Waals surface area (Å²) < 4.78 is 6.29. The molecule has 0 fully saturated rings. The summed E-state index contributed by atoms with van der Waals surface area (Å²) in [4.78, 5) is 18.2. The number of aliphatic imine (C=N–C) groups is 1. The summed E-state index contributed by atoms with van der Waals surface area (Å²) in [5, 5.41) is 9.67. The molecule has 0 spiro atoms. The van der Waals surface area contributed by atoms with Crippen LogP contribution in [0.1, 0.15) is 12.6 Å². The van der Waals surface area contributed by atoms with Gasteiger partial charge >= 0.3 is 0 Å². The van der Waals surface area contributed by atoms with Crippen LogP contribution >= 0.6 is 23.7 Å². The number of fused-ring (bicyclic) bond motifs is 1. The zero-order valence-corrected chi connectivity index (χ0v) is 15.5. The van der Waals surface area contributed by atoms with Crippen molar-refractivity contribution in [2.24, 2.45) is 9.39 Å². The Balaban J connectivity index is 1.73. The number of carbonyl (C=O) groups excluding carboxylic acids is 1. The summed E-state index contributed by atoms with van der Waals surface area (Å²) in [6.07, 6.45) is 3.65. The van der Waals surface area contributed by atoms with E-state index in [1.54, 1.807) is 11.0 Å². The first-order chi connectivity index (χ1) is 12.7. The van der Waals surface area contributed by atoms with Crippen molar-refractivity contribution < 1.29 is 4.79 Å². The summed E-state index contributed by atoms with van der Waals surface area (Å²) in [7, 11) is 0. The molecule has 0 radical (unpaired) electrons. The van der Waals surface area contributed by atoms with E-state index in [4.69, 9.17) is 5.41 Å². The summed E-state index contributed by atoms with van der Waals surface area (Å²) >= 11 is 2.67. The molecule has 4 rings (SSSR count). The van der Waals surface area contributed by atoms with Gasteiger partial charge in [0.15, 0.2) is 5.17 Å². The summed E-state index contributed by atoms with van der Waals surface area (Å²) in [6.45, 7) is 2.02. The lowest BCUT2D eigenvalue weighted by Crippen LogP contribution is -2.41. The number of hydrogen-bond acceptors (Lipinski definition) is 5. The van der Waals surface area contributed by atoms with E-state index in [0.717, 1.165) is 29.1 Å². The molecule has 8 heteroatoms. The van der Waals surface area contributed by atoms with Crippen LogP contribution < -0.4 is 0 Å². The first-order valence-corrected chi connectivity index (χ1v) is 9.79. The van der Waals surface area contributed by atoms with Gasteiger partial charge in [0.2, 0.25) is 5.17 Å². The van der Waals surface area contributed by atoms with E-state index in [2.05, 4.69) is 9.39 Å². The van der Waals surface area contributed by atoms with Crippen LogP contribution in [0.5, 0.6) is 0 Å². The predicted octanol–water partition coefficient (Wildman–Crippen LogP) is 3.81. The van der Waals surface area contributed by atoms with Gasteiger partial charge in [-0.25, -0.2) is 4.90 Å². The zero-order valence-electron chi connectivity index (χ0n) is 13.9. The number of carbonyl (C=O) groups is 1. The van der Waals surface area contributed by atoms with Crippen molar-refractivity contribution >= 4 is 51.9 Å². The Morgan fingerprint density at radius 3 is 2.81 bits per heavy atom. The van der Waals surface area contributed by atoms with Crippen molar-refractivity contribution in [2.45, 2.75) is 6.92 Å². The molecule has 1 N–H and O–H groups in total. The molecule has 2 aromatic rings. The summed E-state index contributed by atoms with van der Waals surface area (Å²) in [5.74, 6) is 0.540. The number of nitrogens with zero attached hydrogens (tertiary/aromatic N) is 4. The lowest BCUT2D eigenvalue weighted by molar-refractivity contribution is -0.114. The highest BCUT2D eigenvalue weighted by molar-refractivity contribution is 8.19. The number of hydrogen-bond donors (Lipinski definition) is 1. The van der Waals surface area contributed by atoms with Crippen LogP contribution in [0.25, 0.3) is 11.8 Å². The first kappa shape index (κ1) is 16.9. The van der Waals surface area contributed by atoms with E-state index in [1.165, 1.54) is 11.8 Å². The molecule has 6 nitrogen and oxygen atoms in total. The van der Waals surface area contributed by atoms with Gasteiger partial charge in [-0.1, -0.05) is 36.9 Å². The molecule has 1 aromatic carbocycles. The van der Waals surface area contributed by atoms with E-state index >= 15 is 0 Å². The van der Waals surface area contributed by atoms with E-state index < -0.39 is 5.91 Å². The fraction of sp³-hybridized carbons (Fsp3) is 0.111. The molecule has 26 heavy (non-hydrogen) atoms. The average molecular weight is 381 g/mol. The number of thioether (sulfide) groups is 1. The number of benzene rings is 1. The van der Waals surface area contributed by atoms with Gasteiger partial charge in [0, 0.05) is 17.6 Å². The van der Waals surface area contributed by atoms with Crippen molar-refractivity contribution in [3.63, 3.8) is 0 Å². The third kappa shape index (κ3) is 2.91. The molecule has 0 bridgehead atoms. The van der Waals surface area contributed by atoms with Crippen LogP contribution in [0, 0.1) is 5.41 Å². The van der Waals surface area contributed by atoms with Crippen molar-refractivity contribution in [3.8, 4) is 5.69 Å². The minimum absolute atomic E-state index is 0.116. The van der Waals surface area contributed by atoms with Crippen molar-refractivity contribution in [2.75, 3.05) is 5.75 Å². The van der Waals surface area contributed by atoms with E-state index in [9.17, 15) is 4.79 Å². The maximum absolute atomic E-state index is 12.5. The predicted molar refractivity (Wildman–Crippen MR) is 109 cm³/mol. The summed E-state index contributed by atoms with van der Waals surface area (Å²) in [5.41, 5.74) is 2.07. The molecule has 0 saturated carbocycles.